The molecule has 0 spiro atoms. The average molecular weight is 425 g/mol. The molecule has 31 heavy (non-hydrogen) atoms. The van der Waals surface area contributed by atoms with Gasteiger partial charge in [-0.3, -0.25) is 4.79 Å². The molecule has 7 heteroatoms. The minimum absolute atomic E-state index is 0.171. The van der Waals surface area contributed by atoms with Crippen LogP contribution in [0, 0.1) is 6.92 Å². The number of aryl methyl sites for hydroxylation is 1. The first-order valence-corrected chi connectivity index (χ1v) is 10.5. The zero-order valence-electron chi connectivity index (χ0n) is 19.7. The summed E-state index contributed by atoms with van der Waals surface area (Å²) in [6, 6.07) is 7.50. The summed E-state index contributed by atoms with van der Waals surface area (Å²) in [5, 5.41) is 8.53. The Bertz CT molecular complexity index is 1110. The highest BCUT2D eigenvalue weighted by molar-refractivity contribution is 6.06. The number of para-hydroxylation sites is 1. The molecule has 0 aliphatic rings. The van der Waals surface area contributed by atoms with E-state index in [2.05, 4.69) is 39.9 Å². The summed E-state index contributed by atoms with van der Waals surface area (Å²) in [5.74, 6) is 1.25. The average Bonchev–Trinajstić information content (AvgIpc) is 3.07. The molecular weight excluding hydrogens is 392 g/mol. The zero-order chi connectivity index (χ0) is 22.9. The van der Waals surface area contributed by atoms with Crippen molar-refractivity contribution < 1.29 is 14.3 Å². The summed E-state index contributed by atoms with van der Waals surface area (Å²) in [6.45, 7) is 12.6. The van der Waals surface area contributed by atoms with E-state index < -0.39 is 0 Å². The van der Waals surface area contributed by atoms with Gasteiger partial charge in [0, 0.05) is 17.8 Å². The number of carbonyl (C=O) groups excluding carboxylic acids is 1. The number of aromatic nitrogens is 3. The molecular formula is C24H32N4O3. The number of hydrogen-bond acceptors (Lipinski definition) is 5. The van der Waals surface area contributed by atoms with E-state index in [1.165, 1.54) is 0 Å². The van der Waals surface area contributed by atoms with Crippen LogP contribution in [0.1, 0.15) is 67.8 Å². The van der Waals surface area contributed by atoms with Gasteiger partial charge in [-0.05, 0) is 45.7 Å². The van der Waals surface area contributed by atoms with Crippen LogP contribution in [0.25, 0.3) is 11.0 Å². The Labute approximate surface area is 183 Å². The van der Waals surface area contributed by atoms with Crippen molar-refractivity contribution in [3.05, 3.63) is 46.8 Å². The normalized spacial score (nSPS) is 11.8. The largest absolute Gasteiger partial charge is 0.493 e. The smallest absolute Gasteiger partial charge is 0.252 e. The molecule has 1 N–H and O–H groups in total. The van der Waals surface area contributed by atoms with Crippen molar-refractivity contribution in [3.63, 3.8) is 0 Å². The summed E-state index contributed by atoms with van der Waals surface area (Å²) < 4.78 is 12.8. The topological polar surface area (TPSA) is 78.3 Å². The number of nitrogens with zero attached hydrogens (tertiary/aromatic N) is 3. The van der Waals surface area contributed by atoms with Crippen molar-refractivity contribution in [2.24, 2.45) is 0 Å². The minimum Gasteiger partial charge on any atom is -0.493 e. The Morgan fingerprint density at radius 1 is 1.19 bits per heavy atom. The Morgan fingerprint density at radius 2 is 1.90 bits per heavy atom. The van der Waals surface area contributed by atoms with Gasteiger partial charge < -0.3 is 14.8 Å². The number of nitrogens with one attached hydrogen (secondary N) is 1. The number of fused-ring (bicyclic) bond motifs is 1. The third kappa shape index (κ3) is 4.36. The van der Waals surface area contributed by atoms with Gasteiger partial charge in [0.05, 0.1) is 36.4 Å². The van der Waals surface area contributed by atoms with Crippen LogP contribution in [0.3, 0.4) is 0 Å². The van der Waals surface area contributed by atoms with Gasteiger partial charge in [0.2, 0.25) is 0 Å². The highest BCUT2D eigenvalue weighted by Crippen LogP contribution is 2.31. The van der Waals surface area contributed by atoms with Crippen molar-refractivity contribution in [3.8, 4) is 11.5 Å². The van der Waals surface area contributed by atoms with Crippen molar-refractivity contribution in [1.29, 1.82) is 0 Å². The second kappa shape index (κ2) is 8.57. The third-order valence-electron chi connectivity index (χ3n) is 5.23. The van der Waals surface area contributed by atoms with Crippen LogP contribution in [-0.4, -0.2) is 34.9 Å². The number of rotatable bonds is 6. The van der Waals surface area contributed by atoms with Gasteiger partial charge in [0.25, 0.3) is 5.91 Å². The second-order valence-electron chi connectivity index (χ2n) is 8.95. The molecule has 1 aromatic carbocycles. The van der Waals surface area contributed by atoms with Gasteiger partial charge in [-0.25, -0.2) is 9.67 Å². The Balaban J connectivity index is 2.04. The highest BCUT2D eigenvalue weighted by Gasteiger charge is 2.25. The van der Waals surface area contributed by atoms with E-state index >= 15 is 0 Å². The number of carbonyl (C=O) groups is 1. The van der Waals surface area contributed by atoms with E-state index in [1.54, 1.807) is 14.2 Å². The van der Waals surface area contributed by atoms with Crippen LogP contribution in [0.15, 0.2) is 24.3 Å². The molecule has 0 radical (unpaired) electrons. The predicted octanol–water partition coefficient (Wildman–Crippen LogP) is 4.57. The van der Waals surface area contributed by atoms with Crippen LogP contribution in [0.5, 0.6) is 11.5 Å². The maximum absolute atomic E-state index is 13.3. The summed E-state index contributed by atoms with van der Waals surface area (Å²) in [5.41, 5.74) is 3.56. The summed E-state index contributed by atoms with van der Waals surface area (Å²) in [6.07, 6.45) is 0. The molecule has 0 fully saturated rings. The molecule has 0 bridgehead atoms. The highest BCUT2D eigenvalue weighted by atomic mass is 16.5. The van der Waals surface area contributed by atoms with Crippen LogP contribution < -0.4 is 14.8 Å². The molecule has 7 nitrogen and oxygen atoms in total. The number of pyridine rings is 1. The first-order chi connectivity index (χ1) is 14.6. The Kier molecular flexibility index (Phi) is 6.25. The molecule has 2 aromatic heterocycles. The standard InChI is InChI=1S/C24H32N4O3/c1-14(2)18-12-17(20-15(3)27-28(22(20)26-18)24(4,5)6)23(29)25-13-16-10-9-11-19(30-7)21(16)31-8/h9-12,14H,13H2,1-8H3,(H,25,29). The molecule has 166 valence electrons. The molecule has 3 aromatic rings. The van der Waals surface area contributed by atoms with E-state index in [9.17, 15) is 4.79 Å². The summed E-state index contributed by atoms with van der Waals surface area (Å²) >= 11 is 0. The lowest BCUT2D eigenvalue weighted by atomic mass is 10.0. The maximum atomic E-state index is 13.3. The fraction of sp³-hybridized carbons (Fsp3) is 0.458. The van der Waals surface area contributed by atoms with E-state index in [0.717, 1.165) is 28.0 Å². The van der Waals surface area contributed by atoms with E-state index in [1.807, 2.05) is 35.9 Å². The zero-order valence-corrected chi connectivity index (χ0v) is 19.7. The third-order valence-corrected chi connectivity index (χ3v) is 5.23. The van der Waals surface area contributed by atoms with Gasteiger partial charge in [-0.15, -0.1) is 0 Å². The number of methoxy groups -OCH3 is 2. The number of ether oxygens (including phenoxy) is 2. The molecule has 0 aliphatic heterocycles. The fourth-order valence-corrected chi connectivity index (χ4v) is 3.61. The maximum Gasteiger partial charge on any atom is 0.252 e. The van der Waals surface area contributed by atoms with E-state index in [-0.39, 0.29) is 17.4 Å². The minimum atomic E-state index is -0.253. The van der Waals surface area contributed by atoms with Crippen molar-refractivity contribution in [2.75, 3.05) is 14.2 Å². The molecule has 0 aliphatic carbocycles. The molecule has 1 amide bonds. The lowest BCUT2D eigenvalue weighted by Crippen LogP contribution is -2.25. The molecule has 0 unspecified atom stereocenters. The lowest BCUT2D eigenvalue weighted by molar-refractivity contribution is 0.0952. The first kappa shape index (κ1) is 22.6. The Hall–Kier alpha value is -3.09. The van der Waals surface area contributed by atoms with Gasteiger partial charge in [0.1, 0.15) is 0 Å². The molecule has 2 heterocycles. The number of hydrogen-bond donors (Lipinski definition) is 1. The number of amides is 1. The quantitative estimate of drug-likeness (QED) is 0.627. The summed E-state index contributed by atoms with van der Waals surface area (Å²) in [7, 11) is 3.19. The van der Waals surface area contributed by atoms with Gasteiger partial charge >= 0.3 is 0 Å². The van der Waals surface area contributed by atoms with Crippen LogP contribution in [0.2, 0.25) is 0 Å². The van der Waals surface area contributed by atoms with Crippen molar-refractivity contribution in [1.82, 2.24) is 20.1 Å². The Morgan fingerprint density at radius 3 is 2.48 bits per heavy atom. The van der Waals surface area contributed by atoms with Gasteiger partial charge in [0.15, 0.2) is 17.1 Å². The second-order valence-corrected chi connectivity index (χ2v) is 8.95. The first-order valence-electron chi connectivity index (χ1n) is 10.5. The van der Waals surface area contributed by atoms with Crippen LogP contribution in [0.4, 0.5) is 0 Å². The van der Waals surface area contributed by atoms with E-state index in [4.69, 9.17) is 19.6 Å². The van der Waals surface area contributed by atoms with Crippen LogP contribution >= 0.6 is 0 Å². The molecule has 0 saturated heterocycles. The number of benzene rings is 1. The van der Waals surface area contributed by atoms with Gasteiger partial charge in [-0.1, -0.05) is 26.0 Å². The predicted molar refractivity (Wildman–Crippen MR) is 122 cm³/mol. The van der Waals surface area contributed by atoms with Crippen molar-refractivity contribution >= 4 is 16.9 Å². The van der Waals surface area contributed by atoms with Gasteiger partial charge in [-0.2, -0.15) is 5.10 Å². The van der Waals surface area contributed by atoms with E-state index in [0.29, 0.717) is 23.6 Å². The van der Waals surface area contributed by atoms with Crippen LogP contribution in [-0.2, 0) is 12.1 Å². The molecule has 3 rings (SSSR count). The lowest BCUT2D eigenvalue weighted by Gasteiger charge is -2.20. The summed E-state index contributed by atoms with van der Waals surface area (Å²) in [4.78, 5) is 18.2. The molecule has 0 atom stereocenters. The SMILES string of the molecule is COc1cccc(CNC(=O)c2cc(C(C)C)nc3c2c(C)nn3C(C)(C)C)c1OC. The fourth-order valence-electron chi connectivity index (χ4n) is 3.61. The van der Waals surface area contributed by atoms with Crippen molar-refractivity contribution in [2.45, 2.75) is 59.5 Å². The molecule has 0 saturated carbocycles. The monoisotopic (exact) mass is 424 g/mol.